The van der Waals surface area contributed by atoms with Crippen molar-refractivity contribution in [3.8, 4) is 33.8 Å². The second-order valence-electron chi connectivity index (χ2n) is 10.3. The molecular formula is C28H28ClN5O2. The van der Waals surface area contributed by atoms with Crippen molar-refractivity contribution >= 4 is 17.4 Å². The van der Waals surface area contributed by atoms with Crippen LogP contribution in [0.15, 0.2) is 59.8 Å². The van der Waals surface area contributed by atoms with E-state index < -0.39 is 0 Å². The first-order valence-corrected chi connectivity index (χ1v) is 12.6. The lowest BCUT2D eigenvalue weighted by molar-refractivity contribution is 0.432. The highest BCUT2D eigenvalue weighted by molar-refractivity contribution is 6.32. The number of aryl methyl sites for hydroxylation is 2. The summed E-state index contributed by atoms with van der Waals surface area (Å²) < 4.78 is 2.99. The molecule has 1 aliphatic carbocycles. The maximum Gasteiger partial charge on any atom is 0.332 e. The van der Waals surface area contributed by atoms with Crippen LogP contribution in [-0.2, 0) is 7.05 Å². The Balaban J connectivity index is 1.37. The van der Waals surface area contributed by atoms with Crippen molar-refractivity contribution in [3.05, 3.63) is 76.2 Å². The van der Waals surface area contributed by atoms with E-state index in [1.807, 2.05) is 31.2 Å². The largest absolute Gasteiger partial charge is 0.505 e. The van der Waals surface area contributed by atoms with Crippen LogP contribution in [0.3, 0.4) is 0 Å². The molecule has 36 heavy (non-hydrogen) atoms. The second kappa shape index (κ2) is 8.23. The summed E-state index contributed by atoms with van der Waals surface area (Å²) in [5, 5.41) is 11.8. The standard InChI is InChI=1S/C28H28ClN5O2/c1-17-15-33(16-28(17)7-8-28)24-14-20(6-9-30-24)25-26(35)21(12-18(2)31-25)19-4-5-23(22(29)13-19)34-11-10-32(3)27(34)36/h4-6,9-14,17,35H,7-8,15-16H2,1-3H3/t17-/m0/s1. The molecular weight excluding hydrogens is 474 g/mol. The molecule has 4 aromatic rings. The highest BCUT2D eigenvalue weighted by Crippen LogP contribution is 2.56. The van der Waals surface area contributed by atoms with Gasteiger partial charge in [0, 0.05) is 55.5 Å². The van der Waals surface area contributed by atoms with Gasteiger partial charge in [-0.25, -0.2) is 14.8 Å². The average Bonchev–Trinajstić information content (AvgIpc) is 3.48. The minimum absolute atomic E-state index is 0.0897. The highest BCUT2D eigenvalue weighted by Gasteiger charge is 2.53. The fourth-order valence-corrected chi connectivity index (χ4v) is 5.73. The molecule has 6 rings (SSSR count). The van der Waals surface area contributed by atoms with Gasteiger partial charge in [0.05, 0.1) is 10.7 Å². The van der Waals surface area contributed by atoms with Gasteiger partial charge in [-0.3, -0.25) is 4.57 Å². The Labute approximate surface area is 214 Å². The number of halogens is 1. The van der Waals surface area contributed by atoms with Crippen LogP contribution in [0.1, 0.15) is 25.5 Å². The van der Waals surface area contributed by atoms with Crippen LogP contribution in [0.2, 0.25) is 5.02 Å². The van der Waals surface area contributed by atoms with E-state index in [4.69, 9.17) is 11.6 Å². The highest BCUT2D eigenvalue weighted by atomic mass is 35.5. The molecule has 4 heterocycles. The Morgan fingerprint density at radius 3 is 2.58 bits per heavy atom. The number of hydrogen-bond donors (Lipinski definition) is 1. The fraction of sp³-hybridized carbons (Fsp3) is 0.321. The molecule has 1 spiro atoms. The summed E-state index contributed by atoms with van der Waals surface area (Å²) in [5.74, 6) is 1.68. The van der Waals surface area contributed by atoms with Gasteiger partial charge < -0.3 is 14.6 Å². The van der Waals surface area contributed by atoms with Crippen LogP contribution in [0.4, 0.5) is 5.82 Å². The van der Waals surface area contributed by atoms with Crippen molar-refractivity contribution in [2.45, 2.75) is 26.7 Å². The fourth-order valence-electron chi connectivity index (χ4n) is 5.45. The Kier molecular flexibility index (Phi) is 5.23. The third-order valence-electron chi connectivity index (χ3n) is 7.87. The molecule has 2 fully saturated rings. The van der Waals surface area contributed by atoms with Gasteiger partial charge in [-0.2, -0.15) is 0 Å². The van der Waals surface area contributed by atoms with Crippen molar-refractivity contribution in [3.63, 3.8) is 0 Å². The normalized spacial score (nSPS) is 18.2. The number of rotatable bonds is 4. The summed E-state index contributed by atoms with van der Waals surface area (Å²) in [4.78, 5) is 24.0. The smallest absolute Gasteiger partial charge is 0.332 e. The molecule has 1 N–H and O–H groups in total. The number of aromatic nitrogens is 4. The van der Waals surface area contributed by atoms with E-state index in [1.54, 1.807) is 37.8 Å². The Bertz CT molecular complexity index is 1550. The zero-order valence-corrected chi connectivity index (χ0v) is 21.3. The summed E-state index contributed by atoms with van der Waals surface area (Å²) in [5.41, 5.74) is 4.37. The van der Waals surface area contributed by atoms with Crippen molar-refractivity contribution < 1.29 is 5.11 Å². The van der Waals surface area contributed by atoms with Crippen LogP contribution in [0.5, 0.6) is 5.75 Å². The summed E-state index contributed by atoms with van der Waals surface area (Å²) in [6.45, 7) is 6.29. The lowest BCUT2D eigenvalue weighted by Gasteiger charge is -2.18. The minimum atomic E-state index is -0.178. The molecule has 0 radical (unpaired) electrons. The van der Waals surface area contributed by atoms with Crippen LogP contribution in [-0.4, -0.2) is 37.3 Å². The van der Waals surface area contributed by atoms with Crippen LogP contribution in [0.25, 0.3) is 28.1 Å². The molecule has 8 heteroatoms. The molecule has 1 aliphatic heterocycles. The number of aromatic hydroxyl groups is 1. The molecule has 184 valence electrons. The van der Waals surface area contributed by atoms with Crippen molar-refractivity contribution in [1.82, 2.24) is 19.1 Å². The van der Waals surface area contributed by atoms with E-state index in [9.17, 15) is 9.90 Å². The molecule has 2 aliphatic rings. The number of pyridine rings is 2. The topological polar surface area (TPSA) is 76.2 Å². The second-order valence-corrected chi connectivity index (χ2v) is 10.7. The summed E-state index contributed by atoms with van der Waals surface area (Å²) in [7, 11) is 1.69. The van der Waals surface area contributed by atoms with Gasteiger partial charge in [0.15, 0.2) is 0 Å². The molecule has 7 nitrogen and oxygen atoms in total. The Hall–Kier alpha value is -3.58. The summed E-state index contributed by atoms with van der Waals surface area (Å²) in [6.07, 6.45) is 7.76. The predicted octanol–water partition coefficient (Wildman–Crippen LogP) is 5.20. The maximum absolute atomic E-state index is 12.4. The lowest BCUT2D eigenvalue weighted by atomic mass is 9.95. The van der Waals surface area contributed by atoms with Crippen LogP contribution >= 0.6 is 11.6 Å². The van der Waals surface area contributed by atoms with Gasteiger partial charge in [0.25, 0.3) is 0 Å². The molecule has 1 atom stereocenters. The van der Waals surface area contributed by atoms with Crippen molar-refractivity contribution in [2.24, 2.45) is 18.4 Å². The number of nitrogens with zero attached hydrogens (tertiary/aromatic N) is 5. The zero-order chi connectivity index (χ0) is 25.2. The molecule has 0 bridgehead atoms. The van der Waals surface area contributed by atoms with Gasteiger partial charge in [-0.15, -0.1) is 0 Å². The summed E-state index contributed by atoms with van der Waals surface area (Å²) >= 11 is 6.60. The SMILES string of the molecule is Cc1cc(-c2ccc(-n3ccn(C)c3=O)c(Cl)c2)c(O)c(-c2ccnc(N3C[C@H](C)C4(CC4)C3)c2)n1. The number of hydrogen-bond acceptors (Lipinski definition) is 5. The van der Waals surface area contributed by atoms with E-state index in [-0.39, 0.29) is 11.4 Å². The zero-order valence-electron chi connectivity index (χ0n) is 20.6. The minimum Gasteiger partial charge on any atom is -0.505 e. The van der Waals surface area contributed by atoms with Gasteiger partial charge >= 0.3 is 5.69 Å². The van der Waals surface area contributed by atoms with E-state index in [1.165, 1.54) is 22.0 Å². The monoisotopic (exact) mass is 501 g/mol. The number of benzene rings is 1. The lowest BCUT2D eigenvalue weighted by Crippen LogP contribution is -2.21. The molecule has 1 aromatic carbocycles. The first-order chi connectivity index (χ1) is 17.3. The van der Waals surface area contributed by atoms with Crippen LogP contribution < -0.4 is 10.6 Å². The molecule has 0 unspecified atom stereocenters. The quantitative estimate of drug-likeness (QED) is 0.415. The van der Waals surface area contributed by atoms with Crippen LogP contribution in [0, 0.1) is 18.3 Å². The van der Waals surface area contributed by atoms with E-state index in [0.717, 1.165) is 35.7 Å². The number of anilines is 1. The number of imidazole rings is 1. The van der Waals surface area contributed by atoms with E-state index in [2.05, 4.69) is 21.8 Å². The first-order valence-electron chi connectivity index (χ1n) is 12.2. The van der Waals surface area contributed by atoms with Gasteiger partial charge in [0.2, 0.25) is 0 Å². The third kappa shape index (κ3) is 3.69. The molecule has 1 saturated carbocycles. The first kappa shape index (κ1) is 22.9. The Morgan fingerprint density at radius 1 is 1.11 bits per heavy atom. The summed E-state index contributed by atoms with van der Waals surface area (Å²) in [6, 6.07) is 11.2. The van der Waals surface area contributed by atoms with Crippen molar-refractivity contribution in [1.29, 1.82) is 0 Å². The molecule has 0 amide bonds. The Morgan fingerprint density at radius 2 is 1.92 bits per heavy atom. The average molecular weight is 502 g/mol. The molecule has 3 aromatic heterocycles. The predicted molar refractivity (Wildman–Crippen MR) is 142 cm³/mol. The van der Waals surface area contributed by atoms with Crippen molar-refractivity contribution in [2.75, 3.05) is 18.0 Å². The third-order valence-corrected chi connectivity index (χ3v) is 8.17. The maximum atomic E-state index is 12.4. The molecule has 1 saturated heterocycles. The van der Waals surface area contributed by atoms with E-state index in [0.29, 0.717) is 33.3 Å². The van der Waals surface area contributed by atoms with Gasteiger partial charge in [0.1, 0.15) is 17.3 Å². The van der Waals surface area contributed by atoms with Gasteiger partial charge in [-0.05, 0) is 67.0 Å². The van der Waals surface area contributed by atoms with E-state index >= 15 is 0 Å². The van der Waals surface area contributed by atoms with Gasteiger partial charge in [-0.1, -0.05) is 24.6 Å².